The fourth-order valence-corrected chi connectivity index (χ4v) is 3.09. The largest absolute Gasteiger partial charge is 0.466 e. The van der Waals surface area contributed by atoms with Crippen LogP contribution in [0, 0.1) is 10.1 Å². The highest BCUT2D eigenvalue weighted by Gasteiger charge is 2.32. The van der Waals surface area contributed by atoms with Crippen molar-refractivity contribution >= 4 is 23.5 Å². The summed E-state index contributed by atoms with van der Waals surface area (Å²) in [5.41, 5.74) is 6.65. The molecule has 2 amide bonds. The predicted molar refractivity (Wildman–Crippen MR) is 114 cm³/mol. The number of nitrogens with zero attached hydrogens (tertiary/aromatic N) is 1. The molecule has 10 heteroatoms. The number of rotatable bonds is 12. The van der Waals surface area contributed by atoms with Crippen molar-refractivity contribution in [3.8, 4) is 0 Å². The van der Waals surface area contributed by atoms with E-state index in [1.165, 1.54) is 24.3 Å². The van der Waals surface area contributed by atoms with Crippen LogP contribution in [-0.2, 0) is 30.5 Å². The van der Waals surface area contributed by atoms with Gasteiger partial charge >= 0.3 is 5.97 Å². The lowest BCUT2D eigenvalue weighted by molar-refractivity contribution is -0.384. The van der Waals surface area contributed by atoms with Gasteiger partial charge in [0.2, 0.25) is 11.8 Å². The molecule has 0 aliphatic heterocycles. The smallest absolute Gasteiger partial charge is 0.306 e. The number of non-ortho nitro benzene ring substituents is 1. The number of ether oxygens (including phenoxy) is 2. The average Bonchev–Trinajstić information content (AvgIpc) is 2.77. The van der Waals surface area contributed by atoms with Crippen LogP contribution in [0.4, 0.5) is 5.69 Å². The van der Waals surface area contributed by atoms with Crippen molar-refractivity contribution in [2.24, 2.45) is 5.73 Å². The van der Waals surface area contributed by atoms with Crippen LogP contribution in [0.25, 0.3) is 0 Å². The molecule has 32 heavy (non-hydrogen) atoms. The second kappa shape index (κ2) is 12.2. The molecule has 0 bridgehead atoms. The summed E-state index contributed by atoms with van der Waals surface area (Å²) in [6, 6.07) is 13.3. The van der Waals surface area contributed by atoms with E-state index in [9.17, 15) is 24.5 Å². The second-order valence-corrected chi connectivity index (χ2v) is 6.89. The topological polar surface area (TPSA) is 151 Å². The number of nitro benzene ring substituents is 1. The van der Waals surface area contributed by atoms with Crippen LogP contribution < -0.4 is 11.1 Å². The highest BCUT2D eigenvalue weighted by atomic mass is 16.6. The number of amides is 2. The Morgan fingerprint density at radius 3 is 2.31 bits per heavy atom. The quantitative estimate of drug-likeness (QED) is 0.288. The van der Waals surface area contributed by atoms with Gasteiger partial charge in [-0.1, -0.05) is 42.5 Å². The standard InChI is InChI=1S/C22H25N3O7/c1-2-32-20(27)12-18(16-8-10-17(11-9-16)25(29)30)21(22(23)28)24-19(26)14-31-13-15-6-4-3-5-7-15/h3-11,18,21H,2,12-14H2,1H3,(H2,23,28)(H,24,26)/t18-,21+/m1/s1. The van der Waals surface area contributed by atoms with Crippen molar-refractivity contribution in [1.82, 2.24) is 5.32 Å². The monoisotopic (exact) mass is 443 g/mol. The normalized spacial score (nSPS) is 12.4. The molecule has 0 saturated carbocycles. The maximum atomic E-state index is 12.4. The molecular formula is C22H25N3O7. The molecule has 3 N–H and O–H groups in total. The van der Waals surface area contributed by atoms with Crippen molar-refractivity contribution in [2.45, 2.75) is 31.9 Å². The fraction of sp³-hybridized carbons (Fsp3) is 0.318. The van der Waals surface area contributed by atoms with Crippen LogP contribution in [0.2, 0.25) is 0 Å². The summed E-state index contributed by atoms with van der Waals surface area (Å²) >= 11 is 0. The summed E-state index contributed by atoms with van der Waals surface area (Å²) in [5.74, 6) is -2.95. The molecule has 0 spiro atoms. The summed E-state index contributed by atoms with van der Waals surface area (Å²) in [6.45, 7) is 1.64. The van der Waals surface area contributed by atoms with E-state index in [1.807, 2.05) is 30.3 Å². The summed E-state index contributed by atoms with van der Waals surface area (Å²) in [5, 5.41) is 13.4. The zero-order valence-corrected chi connectivity index (χ0v) is 17.6. The minimum absolute atomic E-state index is 0.132. The SMILES string of the molecule is CCOC(=O)C[C@H](c1ccc([N+](=O)[O-])cc1)[C@H](NC(=O)COCc1ccccc1)C(N)=O. The van der Waals surface area contributed by atoms with Gasteiger partial charge in [-0.05, 0) is 18.1 Å². The van der Waals surface area contributed by atoms with Gasteiger partial charge in [0.05, 0.1) is 24.6 Å². The van der Waals surface area contributed by atoms with E-state index in [1.54, 1.807) is 6.92 Å². The van der Waals surface area contributed by atoms with E-state index in [4.69, 9.17) is 15.2 Å². The van der Waals surface area contributed by atoms with E-state index in [0.29, 0.717) is 5.56 Å². The van der Waals surface area contributed by atoms with Gasteiger partial charge in [0, 0.05) is 18.1 Å². The number of nitro groups is 1. The molecule has 170 valence electrons. The van der Waals surface area contributed by atoms with Crippen LogP contribution in [0.1, 0.15) is 30.4 Å². The maximum absolute atomic E-state index is 12.4. The first-order valence-corrected chi connectivity index (χ1v) is 9.92. The summed E-state index contributed by atoms with van der Waals surface area (Å²) in [6.07, 6.45) is -0.260. The maximum Gasteiger partial charge on any atom is 0.306 e. The number of nitrogens with two attached hydrogens (primary N) is 1. The Bertz CT molecular complexity index is 932. The molecule has 2 aromatic rings. The molecule has 2 rings (SSSR count). The molecule has 2 atom stereocenters. The number of hydrogen-bond acceptors (Lipinski definition) is 7. The van der Waals surface area contributed by atoms with Crippen LogP contribution in [0.5, 0.6) is 0 Å². The molecular weight excluding hydrogens is 418 g/mol. The number of primary amides is 1. The van der Waals surface area contributed by atoms with Gasteiger partial charge in [-0.3, -0.25) is 24.5 Å². The molecule has 0 saturated heterocycles. The van der Waals surface area contributed by atoms with Gasteiger partial charge in [0.1, 0.15) is 12.6 Å². The summed E-state index contributed by atoms with van der Waals surface area (Å²) in [4.78, 5) is 47.0. The lowest BCUT2D eigenvalue weighted by Gasteiger charge is -2.25. The zero-order valence-electron chi connectivity index (χ0n) is 17.6. The summed E-state index contributed by atoms with van der Waals surface area (Å²) in [7, 11) is 0. The Balaban J connectivity index is 2.14. The van der Waals surface area contributed by atoms with E-state index >= 15 is 0 Å². The van der Waals surface area contributed by atoms with Crippen LogP contribution in [0.15, 0.2) is 54.6 Å². The number of esters is 1. The highest BCUT2D eigenvalue weighted by molar-refractivity contribution is 5.88. The minimum Gasteiger partial charge on any atom is -0.466 e. The van der Waals surface area contributed by atoms with Crippen molar-refractivity contribution < 1.29 is 28.8 Å². The Hall–Kier alpha value is -3.79. The molecule has 2 aromatic carbocycles. The van der Waals surface area contributed by atoms with Crippen molar-refractivity contribution in [2.75, 3.05) is 13.2 Å². The lowest BCUT2D eigenvalue weighted by atomic mass is 9.87. The van der Waals surface area contributed by atoms with Crippen LogP contribution in [-0.4, -0.2) is 42.0 Å². The van der Waals surface area contributed by atoms with Gasteiger partial charge in [0.25, 0.3) is 5.69 Å². The average molecular weight is 443 g/mol. The van der Waals surface area contributed by atoms with E-state index in [-0.39, 0.29) is 31.9 Å². The second-order valence-electron chi connectivity index (χ2n) is 6.89. The zero-order chi connectivity index (χ0) is 23.5. The third kappa shape index (κ3) is 7.47. The molecule has 0 heterocycles. The van der Waals surface area contributed by atoms with Gasteiger partial charge in [-0.25, -0.2) is 0 Å². The van der Waals surface area contributed by atoms with Gasteiger partial charge in [-0.15, -0.1) is 0 Å². The predicted octanol–water partition coefficient (Wildman–Crippen LogP) is 1.82. The number of carbonyl (C=O) groups is 3. The van der Waals surface area contributed by atoms with E-state index in [0.717, 1.165) is 5.56 Å². The first kappa shape index (κ1) is 24.5. The number of carbonyl (C=O) groups excluding carboxylic acids is 3. The van der Waals surface area contributed by atoms with Crippen molar-refractivity contribution in [3.05, 3.63) is 75.8 Å². The van der Waals surface area contributed by atoms with E-state index in [2.05, 4.69) is 5.32 Å². The fourth-order valence-electron chi connectivity index (χ4n) is 3.09. The molecule has 0 aromatic heterocycles. The minimum atomic E-state index is -1.26. The molecule has 10 nitrogen and oxygen atoms in total. The molecule has 0 fully saturated rings. The highest BCUT2D eigenvalue weighted by Crippen LogP contribution is 2.26. The lowest BCUT2D eigenvalue weighted by Crippen LogP contribution is -2.49. The molecule has 0 unspecified atom stereocenters. The van der Waals surface area contributed by atoms with Gasteiger partial charge < -0.3 is 20.5 Å². The van der Waals surface area contributed by atoms with Crippen molar-refractivity contribution in [1.29, 1.82) is 0 Å². The number of nitrogens with one attached hydrogen (secondary N) is 1. The van der Waals surface area contributed by atoms with Crippen LogP contribution >= 0.6 is 0 Å². The Labute approximate surface area is 184 Å². The van der Waals surface area contributed by atoms with Gasteiger partial charge in [-0.2, -0.15) is 0 Å². The van der Waals surface area contributed by atoms with E-state index < -0.39 is 34.7 Å². The Morgan fingerprint density at radius 2 is 1.75 bits per heavy atom. The Morgan fingerprint density at radius 1 is 1.09 bits per heavy atom. The molecule has 0 radical (unpaired) electrons. The number of hydrogen-bond donors (Lipinski definition) is 2. The number of benzene rings is 2. The molecule has 0 aliphatic carbocycles. The Kier molecular flexibility index (Phi) is 9.30. The summed E-state index contributed by atoms with van der Waals surface area (Å²) < 4.78 is 10.3. The van der Waals surface area contributed by atoms with Gasteiger partial charge in [0.15, 0.2) is 0 Å². The third-order valence-corrected chi connectivity index (χ3v) is 4.59. The third-order valence-electron chi connectivity index (χ3n) is 4.59. The first-order chi connectivity index (χ1) is 15.3. The molecule has 0 aliphatic rings. The van der Waals surface area contributed by atoms with Crippen LogP contribution in [0.3, 0.4) is 0 Å². The first-order valence-electron chi connectivity index (χ1n) is 9.92. The van der Waals surface area contributed by atoms with Crippen molar-refractivity contribution in [3.63, 3.8) is 0 Å².